The topological polar surface area (TPSA) is 84.3 Å². The number of carbonyl (C=O) groups is 2. The third-order valence-corrected chi connectivity index (χ3v) is 5.55. The third kappa shape index (κ3) is 4.82. The number of likely N-dealkylation sites (N-methyl/N-ethyl adjacent to an activating group) is 1. The summed E-state index contributed by atoms with van der Waals surface area (Å²) in [6.07, 6.45) is 0.0705. The number of fused-ring (bicyclic) bond motifs is 1. The van der Waals surface area contributed by atoms with Crippen molar-refractivity contribution in [2.75, 3.05) is 18.4 Å². The fourth-order valence-corrected chi connectivity index (χ4v) is 3.59. The van der Waals surface area contributed by atoms with Crippen LogP contribution in [0.25, 0.3) is 10.8 Å². The van der Waals surface area contributed by atoms with Crippen LogP contribution in [0.5, 0.6) is 0 Å². The van der Waals surface area contributed by atoms with Crippen LogP contribution in [0.2, 0.25) is 0 Å². The summed E-state index contributed by atoms with van der Waals surface area (Å²) in [6.45, 7) is 8.72. The smallest absolute Gasteiger partial charge is 0.275 e. The molecule has 0 aliphatic rings. The zero-order valence-electron chi connectivity index (χ0n) is 18.4. The summed E-state index contributed by atoms with van der Waals surface area (Å²) < 4.78 is 1.15. The van der Waals surface area contributed by atoms with E-state index in [1.54, 1.807) is 23.1 Å². The van der Waals surface area contributed by atoms with Crippen molar-refractivity contribution >= 4 is 28.3 Å². The van der Waals surface area contributed by atoms with Crippen LogP contribution >= 0.6 is 0 Å². The second-order valence-corrected chi connectivity index (χ2v) is 7.49. The van der Waals surface area contributed by atoms with Gasteiger partial charge in [0.1, 0.15) is 6.54 Å². The molecule has 0 radical (unpaired) electrons. The fraction of sp³-hybridized carbons (Fsp3) is 0.333. The lowest BCUT2D eigenvalue weighted by molar-refractivity contribution is -0.130. The Bertz CT molecular complexity index is 1180. The summed E-state index contributed by atoms with van der Waals surface area (Å²) in [5, 5.41) is 8.35. The maximum atomic E-state index is 12.9. The predicted octanol–water partition coefficient (Wildman–Crippen LogP) is 3.06. The molecule has 1 N–H and O–H groups in total. The molecule has 0 unspecified atom stereocenters. The highest BCUT2D eigenvalue weighted by Gasteiger charge is 2.18. The van der Waals surface area contributed by atoms with Crippen LogP contribution in [0, 0.1) is 13.8 Å². The first-order valence-electron chi connectivity index (χ1n) is 10.5. The molecule has 0 saturated carbocycles. The molecule has 3 rings (SSSR count). The van der Waals surface area contributed by atoms with Gasteiger partial charge in [-0.2, -0.15) is 5.10 Å². The highest BCUT2D eigenvalue weighted by molar-refractivity contribution is 5.92. The third-order valence-electron chi connectivity index (χ3n) is 5.55. The van der Waals surface area contributed by atoms with E-state index in [1.807, 2.05) is 52.0 Å². The van der Waals surface area contributed by atoms with Crippen molar-refractivity contribution < 1.29 is 9.59 Å². The van der Waals surface area contributed by atoms with Gasteiger partial charge in [-0.05, 0) is 51.0 Å². The molecule has 0 bridgehead atoms. The minimum atomic E-state index is -0.356. The Morgan fingerprint density at radius 1 is 1.00 bits per heavy atom. The second-order valence-electron chi connectivity index (χ2n) is 7.49. The van der Waals surface area contributed by atoms with E-state index in [2.05, 4.69) is 10.4 Å². The van der Waals surface area contributed by atoms with Gasteiger partial charge in [0.15, 0.2) is 0 Å². The zero-order valence-corrected chi connectivity index (χ0v) is 18.4. The molecule has 3 aromatic rings. The first-order valence-corrected chi connectivity index (χ1v) is 10.5. The summed E-state index contributed by atoms with van der Waals surface area (Å²) in [7, 11) is 0. The van der Waals surface area contributed by atoms with E-state index in [1.165, 1.54) is 0 Å². The molecule has 31 heavy (non-hydrogen) atoms. The lowest BCUT2D eigenvalue weighted by Crippen LogP contribution is -2.34. The maximum Gasteiger partial charge on any atom is 0.275 e. The minimum absolute atomic E-state index is 0.0623. The van der Waals surface area contributed by atoms with Crippen molar-refractivity contribution in [1.82, 2.24) is 14.7 Å². The molecule has 0 aliphatic carbocycles. The first kappa shape index (κ1) is 22.2. The molecular formula is C24H28N4O3. The van der Waals surface area contributed by atoms with E-state index in [0.29, 0.717) is 35.2 Å². The predicted molar refractivity (Wildman–Crippen MR) is 122 cm³/mol. The van der Waals surface area contributed by atoms with Crippen LogP contribution in [0.4, 0.5) is 5.69 Å². The average molecular weight is 421 g/mol. The van der Waals surface area contributed by atoms with E-state index in [0.717, 1.165) is 15.8 Å². The molecule has 1 heterocycles. The Morgan fingerprint density at radius 3 is 2.35 bits per heavy atom. The number of aryl methyl sites for hydroxylation is 1. The highest BCUT2D eigenvalue weighted by atomic mass is 16.2. The fourth-order valence-electron chi connectivity index (χ4n) is 3.59. The van der Waals surface area contributed by atoms with E-state index in [9.17, 15) is 14.4 Å². The number of anilines is 1. The lowest BCUT2D eigenvalue weighted by Gasteiger charge is -2.19. The van der Waals surface area contributed by atoms with Gasteiger partial charge in [0.05, 0.1) is 17.5 Å². The molecule has 7 heteroatoms. The van der Waals surface area contributed by atoms with Gasteiger partial charge in [0.2, 0.25) is 11.8 Å². The van der Waals surface area contributed by atoms with Gasteiger partial charge in [-0.15, -0.1) is 0 Å². The monoisotopic (exact) mass is 420 g/mol. The Morgan fingerprint density at radius 2 is 1.68 bits per heavy atom. The summed E-state index contributed by atoms with van der Waals surface area (Å²) in [5.74, 6) is -0.410. The van der Waals surface area contributed by atoms with Gasteiger partial charge in [-0.25, -0.2) is 4.68 Å². The van der Waals surface area contributed by atoms with Crippen molar-refractivity contribution in [1.29, 1.82) is 0 Å². The molecule has 2 amide bonds. The van der Waals surface area contributed by atoms with Crippen LogP contribution in [0.3, 0.4) is 0 Å². The molecule has 7 nitrogen and oxygen atoms in total. The average Bonchev–Trinajstić information content (AvgIpc) is 2.75. The highest BCUT2D eigenvalue weighted by Crippen LogP contribution is 2.18. The molecule has 2 aromatic carbocycles. The molecule has 1 aromatic heterocycles. The standard InChI is InChI=1S/C24H28N4O3/c1-5-27(6-2)23(30)14-21-18-11-7-8-12-19(18)24(31)28(26-21)15-22(29)25-20-13-9-10-16(3)17(20)4/h7-13H,5-6,14-15H2,1-4H3,(H,25,29). The summed E-state index contributed by atoms with van der Waals surface area (Å²) >= 11 is 0. The van der Waals surface area contributed by atoms with Crippen molar-refractivity contribution in [3.05, 3.63) is 69.6 Å². The zero-order chi connectivity index (χ0) is 22.5. The molecule has 0 spiro atoms. The number of nitrogens with zero attached hydrogens (tertiary/aromatic N) is 3. The van der Waals surface area contributed by atoms with Crippen LogP contribution in [0.1, 0.15) is 30.7 Å². The Labute approximate surface area is 181 Å². The lowest BCUT2D eigenvalue weighted by atomic mass is 10.1. The molecule has 0 atom stereocenters. The number of carbonyl (C=O) groups excluding carboxylic acids is 2. The van der Waals surface area contributed by atoms with Gasteiger partial charge in [0.25, 0.3) is 5.56 Å². The Hall–Kier alpha value is -3.48. The first-order chi connectivity index (χ1) is 14.8. The molecule has 0 saturated heterocycles. The largest absolute Gasteiger partial charge is 0.343 e. The molecule has 0 aliphatic heterocycles. The van der Waals surface area contributed by atoms with Gasteiger partial charge in [0, 0.05) is 24.2 Å². The number of hydrogen-bond donors (Lipinski definition) is 1. The van der Waals surface area contributed by atoms with Crippen LogP contribution in [-0.4, -0.2) is 39.6 Å². The number of benzene rings is 2. The van der Waals surface area contributed by atoms with Crippen molar-refractivity contribution in [3.63, 3.8) is 0 Å². The van der Waals surface area contributed by atoms with E-state index < -0.39 is 0 Å². The summed E-state index contributed by atoms with van der Waals surface area (Å²) in [6, 6.07) is 12.7. The van der Waals surface area contributed by atoms with Gasteiger partial charge in [-0.1, -0.05) is 30.3 Å². The Kier molecular flexibility index (Phi) is 6.84. The molecule has 0 fully saturated rings. The Balaban J connectivity index is 1.94. The number of nitrogens with one attached hydrogen (secondary N) is 1. The van der Waals surface area contributed by atoms with E-state index in [-0.39, 0.29) is 30.3 Å². The number of aromatic nitrogens is 2. The minimum Gasteiger partial charge on any atom is -0.343 e. The van der Waals surface area contributed by atoms with Crippen molar-refractivity contribution in [2.45, 2.75) is 40.7 Å². The molecular weight excluding hydrogens is 392 g/mol. The van der Waals surface area contributed by atoms with Crippen LogP contribution in [0.15, 0.2) is 47.3 Å². The van der Waals surface area contributed by atoms with Crippen molar-refractivity contribution in [2.24, 2.45) is 0 Å². The van der Waals surface area contributed by atoms with Gasteiger partial charge >= 0.3 is 0 Å². The number of amides is 2. The SMILES string of the molecule is CCN(CC)C(=O)Cc1nn(CC(=O)Nc2cccc(C)c2C)c(=O)c2ccccc12. The maximum absolute atomic E-state index is 12.9. The van der Waals surface area contributed by atoms with Crippen LogP contribution in [-0.2, 0) is 22.6 Å². The van der Waals surface area contributed by atoms with Crippen LogP contribution < -0.4 is 10.9 Å². The number of hydrogen-bond acceptors (Lipinski definition) is 4. The van der Waals surface area contributed by atoms with Gasteiger partial charge in [-0.3, -0.25) is 14.4 Å². The number of rotatable bonds is 7. The molecule has 162 valence electrons. The summed E-state index contributed by atoms with van der Waals surface area (Å²) in [4.78, 5) is 40.0. The van der Waals surface area contributed by atoms with Gasteiger partial charge < -0.3 is 10.2 Å². The van der Waals surface area contributed by atoms with Crippen molar-refractivity contribution in [3.8, 4) is 0 Å². The normalized spacial score (nSPS) is 10.8. The summed E-state index contributed by atoms with van der Waals surface area (Å²) in [5.41, 5.74) is 2.88. The quantitative estimate of drug-likeness (QED) is 0.637. The van der Waals surface area contributed by atoms with E-state index in [4.69, 9.17) is 0 Å². The van der Waals surface area contributed by atoms with E-state index >= 15 is 0 Å². The second kappa shape index (κ2) is 9.55.